The van der Waals surface area contributed by atoms with E-state index in [1.807, 2.05) is 78.9 Å². The molecule has 740 valence electrons. The van der Waals surface area contributed by atoms with Crippen molar-refractivity contribution in [2.75, 3.05) is 169 Å². The molecule has 31 heteroatoms. The van der Waals surface area contributed by atoms with Gasteiger partial charge in [-0.05, 0) is 107 Å². The molecule has 11 N–H and O–H groups in total. The molecule has 4 aliphatic rings. The van der Waals surface area contributed by atoms with Gasteiger partial charge in [-0.25, -0.2) is 10.0 Å². The smallest absolute Gasteiger partial charge is 0.257 e. The molecule has 0 unspecified atom stereocenters. The number of hydrazone groups is 2. The molecule has 4 saturated heterocycles. The summed E-state index contributed by atoms with van der Waals surface area (Å²) in [6.07, 6.45) is 8.80. The normalized spacial score (nSPS) is 14.1. The first-order valence-electron chi connectivity index (χ1n) is 46.7. The Morgan fingerprint density at radius 2 is 0.612 bits per heavy atom. The lowest BCUT2D eigenvalue weighted by molar-refractivity contribution is -0.131. The number of hydrogen-bond acceptors (Lipinski definition) is 22. The maximum atomic E-state index is 12.5. The molecule has 6 amide bonds. The van der Waals surface area contributed by atoms with E-state index >= 15 is 0 Å². The van der Waals surface area contributed by atoms with Crippen molar-refractivity contribution in [1.82, 2.24) is 70.9 Å². The average Bonchev–Trinajstić information content (AvgIpc) is 0.864. The third-order valence-corrected chi connectivity index (χ3v) is 23.6. The highest BCUT2D eigenvalue weighted by atomic mass is 35.5. The van der Waals surface area contributed by atoms with Crippen molar-refractivity contribution in [3.63, 3.8) is 0 Å². The van der Waals surface area contributed by atoms with Crippen LogP contribution in [0.2, 0.25) is 0 Å². The summed E-state index contributed by atoms with van der Waals surface area (Å²) in [6.45, 7) is 30.0. The van der Waals surface area contributed by atoms with Crippen LogP contribution >= 0.6 is 34.8 Å². The monoisotopic (exact) mass is 1950 g/mol. The molecule has 139 heavy (non-hydrogen) atoms. The predicted molar refractivity (Wildman–Crippen MR) is 556 cm³/mol. The minimum absolute atomic E-state index is 0.000220. The van der Waals surface area contributed by atoms with E-state index in [0.29, 0.717) is 88.2 Å². The van der Waals surface area contributed by atoms with Crippen molar-refractivity contribution in [2.45, 2.75) is 65.0 Å². The van der Waals surface area contributed by atoms with Gasteiger partial charge in [0.15, 0.2) is 0 Å². The van der Waals surface area contributed by atoms with Gasteiger partial charge in [-0.3, -0.25) is 63.1 Å². The van der Waals surface area contributed by atoms with Gasteiger partial charge >= 0.3 is 0 Å². The highest BCUT2D eigenvalue weighted by Crippen LogP contribution is 2.25. The van der Waals surface area contributed by atoms with Crippen LogP contribution in [0.15, 0.2) is 290 Å². The second-order valence-corrected chi connectivity index (χ2v) is 34.1. The van der Waals surface area contributed by atoms with Crippen molar-refractivity contribution >= 4 is 82.7 Å². The number of carbonyl (C=O) groups is 6. The van der Waals surface area contributed by atoms with Crippen molar-refractivity contribution in [1.29, 1.82) is 0 Å². The number of likely N-dealkylation sites (N-methyl/N-ethyl adjacent to an activating group) is 1. The number of nitrogens with zero attached hydrogens (tertiary/aromatic N) is 11. The van der Waals surface area contributed by atoms with E-state index in [4.69, 9.17) is 34.8 Å². The number of rotatable bonds is 35. The Morgan fingerprint density at radius 3 is 0.950 bits per heavy atom. The van der Waals surface area contributed by atoms with Gasteiger partial charge in [0.2, 0.25) is 23.6 Å². The zero-order chi connectivity index (χ0) is 99.6. The second-order valence-electron chi connectivity index (χ2n) is 33.3. The summed E-state index contributed by atoms with van der Waals surface area (Å²) in [5.41, 5.74) is 11.2. The predicted octanol–water partition coefficient (Wildman–Crippen LogP) is 12.2. The van der Waals surface area contributed by atoms with Crippen LogP contribution in [-0.2, 0) is 93.7 Å². The number of amides is 6. The Hall–Kier alpha value is -12.8. The minimum Gasteiger partial charge on any atom is -0.508 e. The molecule has 0 bridgehead atoms. The van der Waals surface area contributed by atoms with Crippen LogP contribution in [0, 0.1) is 0 Å². The Balaban J connectivity index is 0.000000203. The Morgan fingerprint density at radius 1 is 0.331 bits per heavy atom. The summed E-state index contributed by atoms with van der Waals surface area (Å²) < 4.78 is 0. The number of piperazine rings is 4. The van der Waals surface area contributed by atoms with Gasteiger partial charge in [0.25, 0.3) is 11.8 Å². The molecular formula is C108H135Cl3N16O12. The van der Waals surface area contributed by atoms with Crippen LogP contribution in [0.4, 0.5) is 0 Å². The van der Waals surface area contributed by atoms with E-state index in [2.05, 4.69) is 187 Å². The van der Waals surface area contributed by atoms with Crippen LogP contribution in [0.3, 0.4) is 0 Å². The summed E-state index contributed by atoms with van der Waals surface area (Å²) in [4.78, 5) is 85.8. The molecule has 4 heterocycles. The Bertz CT molecular complexity index is 5380. The fraction of sp³-hybridized carbons (Fsp3) is 0.333. The second kappa shape index (κ2) is 64.4. The van der Waals surface area contributed by atoms with E-state index in [0.717, 1.165) is 151 Å². The molecular weight excluding hydrogens is 1820 g/mol. The third-order valence-electron chi connectivity index (χ3n) is 22.9. The Labute approximate surface area is 833 Å². The van der Waals surface area contributed by atoms with E-state index in [9.17, 15) is 59.4 Å². The molecule has 0 aliphatic carbocycles. The maximum Gasteiger partial charge on any atom is 0.257 e. The molecule has 10 aromatic carbocycles. The van der Waals surface area contributed by atoms with Crippen LogP contribution in [0.1, 0.15) is 66.8 Å². The summed E-state index contributed by atoms with van der Waals surface area (Å²) >= 11 is 16.0. The zero-order valence-electron chi connectivity index (χ0n) is 79.7. The third kappa shape index (κ3) is 43.4. The molecule has 10 aromatic rings. The quantitative estimate of drug-likeness (QED) is 0.00761. The number of benzene rings is 10. The van der Waals surface area contributed by atoms with Crippen LogP contribution in [-0.4, -0.2) is 292 Å². The van der Waals surface area contributed by atoms with Gasteiger partial charge in [0.05, 0.1) is 32.1 Å². The van der Waals surface area contributed by atoms with E-state index in [-0.39, 0.29) is 87.6 Å². The number of phenolic OH excluding ortho intramolecular Hbond substituents is 6. The summed E-state index contributed by atoms with van der Waals surface area (Å²) in [7, 11) is 3.15. The lowest BCUT2D eigenvalue weighted by Crippen LogP contribution is -2.49. The van der Waals surface area contributed by atoms with Crippen LogP contribution < -0.4 is 26.6 Å². The minimum atomic E-state index is -0.311. The first-order chi connectivity index (χ1) is 67.5. The number of alkyl halides is 3. The summed E-state index contributed by atoms with van der Waals surface area (Å²) in [6, 6.07) is 81.1. The average molecular weight is 1960 g/mol. The number of carbonyl (C=O) groups excluding carboxylic acids is 6. The zero-order valence-corrected chi connectivity index (χ0v) is 82.0. The standard InChI is InChI=1S/C24H30N4O2.C21H27N3O2.C20H25N3O2.C13H15ClN2O2.C11H16N2.C10H12ClNO2.C9H10ClNO2/c1-3-8-21-11-7-12-22(24(21)30)17-25-26(2)23(29)19-28-15-13-27(14-16-28)18-20-9-5-4-6-10-20;25-20-9-5-4-8-19(20)10-11-22-21(26)17-24-14-12-23(13-15-24)16-18-6-2-1-3-7-18;24-19-9-5-4-8-18(19)14-21-20(25)16-23-12-10-22(11-13-23)15-17-6-2-1-3-7-17;1-3-5-10-6-4-7-11(13(10)18)9-15-16(2)12(17)8-14;1-2-4-11(5-3-1)10-13-8-6-12-7-9-13;11-7-10(14)12-6-5-8-3-1-2-4-9(8)13;10-5-9(13)11-6-7-3-1-2-4-8(7)12/h3-7,9-12,17,30H,1,8,13-16,18-19H2,2H3;1-9,25H,10-17H2,(H,22,26);1-9,24H,10-16H2,(H,21,25);3-4,6-7,9,18H,1,5,8H2,2H3;1-5,12H,6-10H2;1-4,13H,5-7H2,(H,12,14);1-4,12H,5-6H2,(H,11,13)/b25-17+;;;15-9+;;;. The molecule has 4 aliphatic heterocycles. The number of nitrogens with one attached hydrogen (secondary N) is 5. The van der Waals surface area contributed by atoms with Crippen LogP contribution in [0.5, 0.6) is 34.5 Å². The number of hydrogen-bond donors (Lipinski definition) is 11. The van der Waals surface area contributed by atoms with Gasteiger partial charge in [-0.2, -0.15) is 10.2 Å². The number of allylic oxidation sites excluding steroid dienone is 2. The lowest BCUT2D eigenvalue weighted by Gasteiger charge is -2.34. The first-order valence-corrected chi connectivity index (χ1v) is 48.3. The molecule has 0 saturated carbocycles. The topological polar surface area (TPSA) is 338 Å². The van der Waals surface area contributed by atoms with Gasteiger partial charge < -0.3 is 57.2 Å². The van der Waals surface area contributed by atoms with E-state index in [1.165, 1.54) is 59.8 Å². The highest BCUT2D eigenvalue weighted by Gasteiger charge is 2.24. The van der Waals surface area contributed by atoms with Crippen LogP contribution in [0.25, 0.3) is 0 Å². The Kier molecular flexibility index (Phi) is 51.6. The molecule has 0 atom stereocenters. The van der Waals surface area contributed by atoms with Crippen molar-refractivity contribution in [2.24, 2.45) is 10.2 Å². The lowest BCUT2D eigenvalue weighted by atomic mass is 10.1. The largest absolute Gasteiger partial charge is 0.508 e. The van der Waals surface area contributed by atoms with Gasteiger partial charge in [-0.15, -0.1) is 48.0 Å². The SMILES string of the molecule is C=CCc1cccc(/C=N/N(C)C(=O)CCl)c1O.C=CCc1cccc(/C=N/N(C)C(=O)CN2CCN(Cc3ccccc3)CC2)c1O.O=C(CCl)NCCc1ccccc1O.O=C(CCl)NCc1ccccc1O.O=C(CN1CCN(Cc2ccccc2)CC1)NCCc1ccccc1O.O=C(CN1CCN(Cc2ccccc2)CC1)NCc1ccccc1O.c1ccc(CN2CCNCC2)cc1. The highest BCUT2D eigenvalue weighted by molar-refractivity contribution is 6.28. The molecule has 0 spiro atoms. The van der Waals surface area contributed by atoms with E-state index < -0.39 is 0 Å². The molecule has 0 aromatic heterocycles. The number of aromatic hydroxyl groups is 6. The summed E-state index contributed by atoms with van der Waals surface area (Å²) in [5, 5.41) is 83.4. The molecule has 14 rings (SSSR count). The number of phenols is 6. The number of para-hydroxylation sites is 6. The van der Waals surface area contributed by atoms with Gasteiger partial charge in [0.1, 0.15) is 52.1 Å². The van der Waals surface area contributed by atoms with Gasteiger partial charge in [-0.1, -0.05) is 231 Å². The number of halogens is 3. The fourth-order valence-electron chi connectivity index (χ4n) is 14.9. The van der Waals surface area contributed by atoms with Crippen molar-refractivity contribution in [3.05, 3.63) is 347 Å². The van der Waals surface area contributed by atoms with Crippen molar-refractivity contribution in [3.8, 4) is 34.5 Å². The summed E-state index contributed by atoms with van der Waals surface area (Å²) in [5.74, 6) is 0.288. The maximum absolute atomic E-state index is 12.5. The van der Waals surface area contributed by atoms with Crippen molar-refractivity contribution < 1.29 is 59.4 Å². The molecule has 4 fully saturated rings. The first kappa shape index (κ1) is 111. The molecule has 28 nitrogen and oxygen atoms in total. The van der Waals surface area contributed by atoms with E-state index in [1.54, 1.807) is 92.0 Å². The fourth-order valence-corrected chi connectivity index (χ4v) is 15.2. The molecule has 0 radical (unpaired) electrons. The van der Waals surface area contributed by atoms with Gasteiger partial charge in [0, 0.05) is 193 Å².